The van der Waals surface area contributed by atoms with Crippen LogP contribution in [-0.2, 0) is 9.59 Å². The molecule has 1 aromatic carbocycles. The molecule has 2 aliphatic rings. The van der Waals surface area contributed by atoms with Crippen LogP contribution in [0.1, 0.15) is 17.9 Å². The van der Waals surface area contributed by atoms with E-state index in [1.54, 1.807) is 23.1 Å². The van der Waals surface area contributed by atoms with Crippen LogP contribution in [0.5, 0.6) is 0 Å². The molecule has 1 saturated carbocycles. The first-order chi connectivity index (χ1) is 9.16. The first-order valence-corrected chi connectivity index (χ1v) is 6.46. The van der Waals surface area contributed by atoms with E-state index in [4.69, 9.17) is 0 Å². The molecule has 0 bridgehead atoms. The quantitative estimate of drug-likeness (QED) is 0.860. The largest absolute Gasteiger partial charge is 0.353 e. The average Bonchev–Trinajstić information content (AvgIpc) is 3.18. The number of nitrogens with zero attached hydrogens (tertiary/aromatic N) is 1. The van der Waals surface area contributed by atoms with Gasteiger partial charge in [-0.25, -0.2) is 4.39 Å². The maximum atomic E-state index is 13.6. The fraction of sp³-hybridized carbons (Fsp3) is 0.429. The molecule has 1 aliphatic carbocycles. The summed E-state index contributed by atoms with van der Waals surface area (Å²) in [6.45, 7) is 1.17. The van der Waals surface area contributed by atoms with Gasteiger partial charge in [-0.15, -0.1) is 0 Å². The zero-order valence-electron chi connectivity index (χ0n) is 10.4. The number of carbonyl (C=O) groups excluding carboxylic acids is 2. The number of halogens is 1. The summed E-state index contributed by atoms with van der Waals surface area (Å²) in [6.07, 6.45) is 0.678. The van der Waals surface area contributed by atoms with Crippen LogP contribution in [0.15, 0.2) is 24.3 Å². The van der Waals surface area contributed by atoms with Gasteiger partial charge in [0.15, 0.2) is 0 Å². The monoisotopic (exact) mass is 262 g/mol. The lowest BCUT2D eigenvalue weighted by Crippen LogP contribution is -2.50. The van der Waals surface area contributed by atoms with E-state index in [0.29, 0.717) is 25.1 Å². The second-order valence-electron chi connectivity index (χ2n) is 5.08. The Balaban J connectivity index is 1.68. The first-order valence-electron chi connectivity index (χ1n) is 6.46. The second kappa shape index (κ2) is 4.64. The van der Waals surface area contributed by atoms with E-state index in [0.717, 1.165) is 0 Å². The number of benzene rings is 1. The van der Waals surface area contributed by atoms with Gasteiger partial charge in [0.2, 0.25) is 11.8 Å². The Bertz CT molecular complexity index is 532. The number of rotatable bonds is 2. The zero-order chi connectivity index (χ0) is 13.4. The predicted molar refractivity (Wildman–Crippen MR) is 66.8 cm³/mol. The van der Waals surface area contributed by atoms with Crippen molar-refractivity contribution in [1.82, 2.24) is 10.2 Å². The smallest absolute Gasteiger partial charge is 0.239 e. The first kappa shape index (κ1) is 12.1. The molecule has 4 nitrogen and oxygen atoms in total. The lowest BCUT2D eigenvalue weighted by Gasteiger charge is -2.26. The predicted octanol–water partition coefficient (Wildman–Crippen LogP) is 0.888. The molecule has 1 saturated heterocycles. The molecule has 1 N–H and O–H groups in total. The van der Waals surface area contributed by atoms with E-state index in [9.17, 15) is 14.0 Å². The Morgan fingerprint density at radius 3 is 2.89 bits per heavy atom. The van der Waals surface area contributed by atoms with Crippen molar-refractivity contribution in [3.8, 4) is 0 Å². The van der Waals surface area contributed by atoms with E-state index in [-0.39, 0.29) is 36.0 Å². The summed E-state index contributed by atoms with van der Waals surface area (Å²) in [5.41, 5.74) is 0.613. The Morgan fingerprint density at radius 2 is 2.16 bits per heavy atom. The van der Waals surface area contributed by atoms with E-state index < -0.39 is 0 Å². The van der Waals surface area contributed by atoms with E-state index in [1.165, 1.54) is 6.07 Å². The van der Waals surface area contributed by atoms with Gasteiger partial charge in [0.05, 0.1) is 6.54 Å². The SMILES string of the molecule is O=C1CN(C(=O)C2CC2c2ccccc2F)CCN1. The van der Waals surface area contributed by atoms with Crippen LogP contribution in [0.25, 0.3) is 0 Å². The van der Waals surface area contributed by atoms with Crippen molar-refractivity contribution in [2.24, 2.45) is 5.92 Å². The van der Waals surface area contributed by atoms with Gasteiger partial charge in [0.1, 0.15) is 5.82 Å². The lowest BCUT2D eigenvalue weighted by molar-refractivity contribution is -0.139. The van der Waals surface area contributed by atoms with Gasteiger partial charge in [-0.2, -0.15) is 0 Å². The highest BCUT2D eigenvalue weighted by Crippen LogP contribution is 2.49. The van der Waals surface area contributed by atoms with Gasteiger partial charge in [-0.3, -0.25) is 9.59 Å². The molecule has 1 aromatic rings. The van der Waals surface area contributed by atoms with E-state index >= 15 is 0 Å². The van der Waals surface area contributed by atoms with Gasteiger partial charge in [0, 0.05) is 19.0 Å². The van der Waals surface area contributed by atoms with Gasteiger partial charge >= 0.3 is 0 Å². The standard InChI is InChI=1S/C14H15FN2O2/c15-12-4-2-1-3-9(12)10-7-11(10)14(19)17-6-5-16-13(18)8-17/h1-4,10-11H,5-8H2,(H,16,18). The molecule has 0 spiro atoms. The molecule has 100 valence electrons. The lowest BCUT2D eigenvalue weighted by atomic mass is 10.1. The fourth-order valence-electron chi connectivity index (χ4n) is 2.65. The van der Waals surface area contributed by atoms with Crippen molar-refractivity contribution >= 4 is 11.8 Å². The highest BCUT2D eigenvalue weighted by Gasteiger charge is 2.47. The van der Waals surface area contributed by atoms with Crippen LogP contribution in [0.4, 0.5) is 4.39 Å². The van der Waals surface area contributed by atoms with Crippen molar-refractivity contribution < 1.29 is 14.0 Å². The minimum absolute atomic E-state index is 0.0249. The number of nitrogens with one attached hydrogen (secondary N) is 1. The number of amides is 2. The molecule has 1 aliphatic heterocycles. The molecule has 0 aromatic heterocycles. The maximum absolute atomic E-state index is 13.6. The molecule has 2 atom stereocenters. The van der Waals surface area contributed by atoms with Gasteiger partial charge in [-0.1, -0.05) is 18.2 Å². The number of hydrogen-bond acceptors (Lipinski definition) is 2. The summed E-state index contributed by atoms with van der Waals surface area (Å²) in [6, 6.07) is 6.58. The van der Waals surface area contributed by atoms with Crippen LogP contribution in [0.3, 0.4) is 0 Å². The summed E-state index contributed by atoms with van der Waals surface area (Å²) < 4.78 is 13.6. The fourth-order valence-corrected chi connectivity index (χ4v) is 2.65. The van der Waals surface area contributed by atoms with Crippen molar-refractivity contribution in [2.75, 3.05) is 19.6 Å². The van der Waals surface area contributed by atoms with Crippen LogP contribution >= 0.6 is 0 Å². The molecule has 2 fully saturated rings. The molecule has 19 heavy (non-hydrogen) atoms. The molecule has 2 unspecified atom stereocenters. The number of carbonyl (C=O) groups is 2. The van der Waals surface area contributed by atoms with Gasteiger partial charge in [0.25, 0.3) is 0 Å². The molecule has 2 amide bonds. The molecule has 0 radical (unpaired) electrons. The molecule has 3 rings (SSSR count). The van der Waals surface area contributed by atoms with Crippen molar-refractivity contribution in [1.29, 1.82) is 0 Å². The Hall–Kier alpha value is -1.91. The third kappa shape index (κ3) is 2.32. The summed E-state index contributed by atoms with van der Waals surface area (Å²) in [4.78, 5) is 25.1. The molecular weight excluding hydrogens is 247 g/mol. The summed E-state index contributed by atoms with van der Waals surface area (Å²) in [5.74, 6) is -0.591. The highest BCUT2D eigenvalue weighted by molar-refractivity contribution is 5.89. The Morgan fingerprint density at radius 1 is 1.37 bits per heavy atom. The van der Waals surface area contributed by atoms with Crippen LogP contribution < -0.4 is 5.32 Å². The van der Waals surface area contributed by atoms with E-state index in [1.807, 2.05) is 0 Å². The minimum atomic E-state index is -0.251. The van der Waals surface area contributed by atoms with Crippen LogP contribution in [0.2, 0.25) is 0 Å². The topological polar surface area (TPSA) is 49.4 Å². The van der Waals surface area contributed by atoms with Crippen molar-refractivity contribution in [2.45, 2.75) is 12.3 Å². The number of piperazine rings is 1. The van der Waals surface area contributed by atoms with E-state index in [2.05, 4.69) is 5.32 Å². The maximum Gasteiger partial charge on any atom is 0.239 e. The highest BCUT2D eigenvalue weighted by atomic mass is 19.1. The summed E-state index contributed by atoms with van der Waals surface area (Å²) in [7, 11) is 0. The normalized spacial score (nSPS) is 25.9. The molecule has 5 heteroatoms. The van der Waals surface area contributed by atoms with Crippen molar-refractivity contribution in [3.63, 3.8) is 0 Å². The Kier molecular flexibility index (Phi) is 2.97. The molecular formula is C14H15FN2O2. The zero-order valence-corrected chi connectivity index (χ0v) is 10.4. The second-order valence-corrected chi connectivity index (χ2v) is 5.08. The van der Waals surface area contributed by atoms with Gasteiger partial charge in [-0.05, 0) is 24.0 Å². The third-order valence-electron chi connectivity index (χ3n) is 3.76. The Labute approximate surface area is 110 Å². The van der Waals surface area contributed by atoms with Crippen molar-refractivity contribution in [3.05, 3.63) is 35.6 Å². The summed E-state index contributed by atoms with van der Waals surface area (Å²) >= 11 is 0. The van der Waals surface area contributed by atoms with Crippen LogP contribution in [-0.4, -0.2) is 36.3 Å². The summed E-state index contributed by atoms with van der Waals surface area (Å²) in [5, 5.41) is 2.69. The number of hydrogen-bond donors (Lipinski definition) is 1. The van der Waals surface area contributed by atoms with Crippen LogP contribution in [0, 0.1) is 11.7 Å². The van der Waals surface area contributed by atoms with Gasteiger partial charge < -0.3 is 10.2 Å². The minimum Gasteiger partial charge on any atom is -0.353 e. The molecule has 1 heterocycles. The third-order valence-corrected chi connectivity index (χ3v) is 3.76. The average molecular weight is 262 g/mol.